The van der Waals surface area contributed by atoms with E-state index < -0.39 is 10.0 Å². The van der Waals surface area contributed by atoms with Crippen LogP contribution in [0.3, 0.4) is 0 Å². The molecule has 178 valence electrons. The van der Waals surface area contributed by atoms with Gasteiger partial charge >= 0.3 is 0 Å². The maximum Gasteiger partial charge on any atom is 0.264 e. The number of carbonyl (C=O) groups is 2. The molecule has 0 heterocycles. The standard InChI is InChI=1S/C25H26ClN3O4S/c1-17-5-10-21(15-18(17)2)27-24(30)16-28(3)25(31)19-6-11-22(12-7-19)29(4)34(32,33)23-13-8-20(26)9-14-23/h5-15H,16H2,1-4H3,(H,27,30). The van der Waals surface area contributed by atoms with Crippen LogP contribution in [-0.4, -0.2) is 45.8 Å². The van der Waals surface area contributed by atoms with Crippen molar-refractivity contribution in [1.29, 1.82) is 0 Å². The Labute approximate surface area is 205 Å². The molecule has 0 spiro atoms. The van der Waals surface area contributed by atoms with Gasteiger partial charge in [-0.05, 0) is 85.6 Å². The largest absolute Gasteiger partial charge is 0.332 e. The highest BCUT2D eigenvalue weighted by atomic mass is 35.5. The number of nitrogens with zero attached hydrogens (tertiary/aromatic N) is 2. The zero-order valence-electron chi connectivity index (χ0n) is 19.4. The van der Waals surface area contributed by atoms with Crippen LogP contribution in [0.1, 0.15) is 21.5 Å². The average Bonchev–Trinajstić information content (AvgIpc) is 2.80. The van der Waals surface area contributed by atoms with E-state index in [-0.39, 0.29) is 23.3 Å². The van der Waals surface area contributed by atoms with Crippen molar-refractivity contribution >= 4 is 44.8 Å². The summed E-state index contributed by atoms with van der Waals surface area (Å²) in [5.74, 6) is -0.672. The second-order valence-electron chi connectivity index (χ2n) is 7.98. The zero-order chi connectivity index (χ0) is 25.0. The molecular formula is C25H26ClN3O4S. The van der Waals surface area contributed by atoms with Crippen molar-refractivity contribution in [1.82, 2.24) is 4.90 Å². The Hall–Kier alpha value is -3.36. The number of amides is 2. The van der Waals surface area contributed by atoms with E-state index in [4.69, 9.17) is 11.6 Å². The predicted octanol–water partition coefficient (Wildman–Crippen LogP) is 4.49. The molecule has 0 unspecified atom stereocenters. The van der Waals surface area contributed by atoms with Crippen molar-refractivity contribution in [2.45, 2.75) is 18.7 Å². The minimum atomic E-state index is -3.78. The van der Waals surface area contributed by atoms with E-state index in [1.54, 1.807) is 12.1 Å². The van der Waals surface area contributed by atoms with Crippen LogP contribution < -0.4 is 9.62 Å². The number of hydrogen-bond acceptors (Lipinski definition) is 4. The smallest absolute Gasteiger partial charge is 0.264 e. The van der Waals surface area contributed by atoms with Crippen molar-refractivity contribution in [3.05, 3.63) is 88.4 Å². The SMILES string of the molecule is Cc1ccc(NC(=O)CN(C)C(=O)c2ccc(N(C)S(=O)(=O)c3ccc(Cl)cc3)cc2)cc1C. The lowest BCUT2D eigenvalue weighted by Gasteiger charge is -2.21. The van der Waals surface area contributed by atoms with Gasteiger partial charge in [-0.25, -0.2) is 8.42 Å². The first-order chi connectivity index (χ1) is 16.0. The van der Waals surface area contributed by atoms with Crippen molar-refractivity contribution in [2.24, 2.45) is 0 Å². The molecule has 0 saturated carbocycles. The minimum Gasteiger partial charge on any atom is -0.332 e. The topological polar surface area (TPSA) is 86.8 Å². The summed E-state index contributed by atoms with van der Waals surface area (Å²) in [6.45, 7) is 3.82. The molecule has 1 N–H and O–H groups in total. The molecule has 0 aliphatic heterocycles. The molecule has 34 heavy (non-hydrogen) atoms. The molecule has 0 saturated heterocycles. The number of aryl methyl sites for hydroxylation is 2. The predicted molar refractivity (Wildman–Crippen MR) is 135 cm³/mol. The van der Waals surface area contributed by atoms with E-state index in [1.165, 1.54) is 55.4 Å². The quantitative estimate of drug-likeness (QED) is 0.518. The van der Waals surface area contributed by atoms with Crippen molar-refractivity contribution in [3.8, 4) is 0 Å². The third kappa shape index (κ3) is 5.76. The molecule has 9 heteroatoms. The fourth-order valence-electron chi connectivity index (χ4n) is 3.24. The summed E-state index contributed by atoms with van der Waals surface area (Å²) < 4.78 is 26.8. The van der Waals surface area contributed by atoms with Crippen molar-refractivity contribution in [3.63, 3.8) is 0 Å². The molecule has 0 fully saturated rings. The summed E-state index contributed by atoms with van der Waals surface area (Å²) in [4.78, 5) is 26.6. The number of hydrogen-bond donors (Lipinski definition) is 1. The van der Waals surface area contributed by atoms with E-state index >= 15 is 0 Å². The molecule has 2 amide bonds. The molecular weight excluding hydrogens is 474 g/mol. The number of benzene rings is 3. The first-order valence-corrected chi connectivity index (χ1v) is 12.3. The number of anilines is 2. The highest BCUT2D eigenvalue weighted by molar-refractivity contribution is 7.92. The van der Waals surface area contributed by atoms with Gasteiger partial charge in [0.2, 0.25) is 5.91 Å². The van der Waals surface area contributed by atoms with Crippen molar-refractivity contribution < 1.29 is 18.0 Å². The van der Waals surface area contributed by atoms with Crippen LogP contribution in [0.4, 0.5) is 11.4 Å². The highest BCUT2D eigenvalue weighted by Gasteiger charge is 2.22. The number of rotatable bonds is 7. The molecule has 0 bridgehead atoms. The lowest BCUT2D eigenvalue weighted by atomic mass is 10.1. The molecule has 0 aliphatic rings. The van der Waals surface area contributed by atoms with Crippen LogP contribution in [0.15, 0.2) is 71.6 Å². The van der Waals surface area contributed by atoms with E-state index in [0.717, 1.165) is 15.4 Å². The van der Waals surface area contributed by atoms with Crippen LogP contribution in [0, 0.1) is 13.8 Å². The van der Waals surface area contributed by atoms with Crippen LogP contribution in [0.25, 0.3) is 0 Å². The lowest BCUT2D eigenvalue weighted by Crippen LogP contribution is -2.35. The zero-order valence-corrected chi connectivity index (χ0v) is 20.9. The van der Waals surface area contributed by atoms with Crippen molar-refractivity contribution in [2.75, 3.05) is 30.3 Å². The van der Waals surface area contributed by atoms with Gasteiger partial charge in [0.25, 0.3) is 15.9 Å². The van der Waals surface area contributed by atoms with Crippen LogP contribution >= 0.6 is 11.6 Å². The minimum absolute atomic E-state index is 0.106. The average molecular weight is 500 g/mol. The molecule has 3 rings (SSSR count). The Morgan fingerprint density at radius 3 is 2.09 bits per heavy atom. The first kappa shape index (κ1) is 25.3. The number of likely N-dealkylation sites (N-methyl/N-ethyl adjacent to an activating group) is 1. The maximum atomic E-state index is 12.8. The number of nitrogens with one attached hydrogen (secondary N) is 1. The number of sulfonamides is 1. The fraction of sp³-hybridized carbons (Fsp3) is 0.200. The highest BCUT2D eigenvalue weighted by Crippen LogP contribution is 2.24. The Bertz CT molecular complexity index is 1310. The molecule has 0 radical (unpaired) electrons. The summed E-state index contributed by atoms with van der Waals surface area (Å²) in [6, 6.07) is 17.7. The summed E-state index contributed by atoms with van der Waals surface area (Å²) in [5.41, 5.74) is 3.58. The molecule has 3 aromatic carbocycles. The van der Waals surface area contributed by atoms with Crippen LogP contribution in [-0.2, 0) is 14.8 Å². The van der Waals surface area contributed by atoms with Crippen LogP contribution in [0.5, 0.6) is 0 Å². The van der Waals surface area contributed by atoms with E-state index in [0.29, 0.717) is 22.0 Å². The lowest BCUT2D eigenvalue weighted by molar-refractivity contribution is -0.116. The Balaban J connectivity index is 1.66. The van der Waals surface area contributed by atoms with E-state index in [1.807, 2.05) is 32.0 Å². The Morgan fingerprint density at radius 2 is 1.50 bits per heavy atom. The van der Waals surface area contributed by atoms with Gasteiger partial charge in [-0.15, -0.1) is 0 Å². The van der Waals surface area contributed by atoms with Gasteiger partial charge in [0.05, 0.1) is 17.1 Å². The molecule has 7 nitrogen and oxygen atoms in total. The Kier molecular flexibility index (Phi) is 7.64. The number of halogens is 1. The van der Waals surface area contributed by atoms with Gasteiger partial charge in [-0.3, -0.25) is 13.9 Å². The van der Waals surface area contributed by atoms with Gasteiger partial charge in [-0.1, -0.05) is 17.7 Å². The normalized spacial score (nSPS) is 11.1. The van der Waals surface area contributed by atoms with Gasteiger partial charge in [0.1, 0.15) is 0 Å². The van der Waals surface area contributed by atoms with Gasteiger partial charge in [-0.2, -0.15) is 0 Å². The molecule has 0 aromatic heterocycles. The van der Waals surface area contributed by atoms with Gasteiger partial charge in [0.15, 0.2) is 0 Å². The monoisotopic (exact) mass is 499 g/mol. The first-order valence-electron chi connectivity index (χ1n) is 10.5. The summed E-state index contributed by atoms with van der Waals surface area (Å²) >= 11 is 5.85. The molecule has 3 aromatic rings. The van der Waals surface area contributed by atoms with Crippen LogP contribution in [0.2, 0.25) is 5.02 Å². The summed E-state index contributed by atoms with van der Waals surface area (Å²) in [5, 5.41) is 3.23. The second-order valence-corrected chi connectivity index (χ2v) is 10.4. The summed E-state index contributed by atoms with van der Waals surface area (Å²) in [7, 11) is -0.814. The maximum absolute atomic E-state index is 12.8. The third-order valence-electron chi connectivity index (χ3n) is 5.47. The Morgan fingerprint density at radius 1 is 0.882 bits per heavy atom. The second kappa shape index (κ2) is 10.3. The molecule has 0 atom stereocenters. The van der Waals surface area contributed by atoms with E-state index in [9.17, 15) is 18.0 Å². The third-order valence-corrected chi connectivity index (χ3v) is 7.52. The van der Waals surface area contributed by atoms with E-state index in [2.05, 4.69) is 5.32 Å². The fourth-order valence-corrected chi connectivity index (χ4v) is 4.57. The molecule has 0 aliphatic carbocycles. The summed E-state index contributed by atoms with van der Waals surface area (Å²) in [6.07, 6.45) is 0. The number of carbonyl (C=O) groups excluding carboxylic acids is 2. The van der Waals surface area contributed by atoms with Gasteiger partial charge in [0, 0.05) is 30.4 Å². The van der Waals surface area contributed by atoms with Gasteiger partial charge < -0.3 is 10.2 Å².